The molecule has 0 bridgehead atoms. The van der Waals surface area contributed by atoms with Crippen molar-refractivity contribution < 1.29 is 23.5 Å². The van der Waals surface area contributed by atoms with Crippen LogP contribution in [0.2, 0.25) is 0 Å². The molecule has 0 spiro atoms. The SMILES string of the molecule is C=CC(=O)Nc1cc(Nc2cc(N3OCC[C@@H]3c3cc(F)cc(OC4=NC(C)C=C4)c3)ncn2)c(OC)cc1N1CCC(C(C)CCN(CCC)C2CC2)CC1. The number of rotatable bonds is 16. The number of halogens is 1. The first kappa shape index (κ1) is 39.2. The first-order valence-electron chi connectivity index (χ1n) is 20.1. The zero-order chi connectivity index (χ0) is 39.2. The predicted molar refractivity (Wildman–Crippen MR) is 220 cm³/mol. The van der Waals surface area contributed by atoms with Crippen molar-refractivity contribution in [3.05, 3.63) is 78.9 Å². The van der Waals surface area contributed by atoms with Crippen LogP contribution < -0.4 is 30.1 Å². The highest BCUT2D eigenvalue weighted by atomic mass is 19.1. The summed E-state index contributed by atoms with van der Waals surface area (Å²) in [6.45, 7) is 14.9. The Bertz CT molecular complexity index is 1930. The normalized spacial score (nSPS) is 20.3. The maximum Gasteiger partial charge on any atom is 0.247 e. The van der Waals surface area contributed by atoms with Gasteiger partial charge in [0.1, 0.15) is 29.5 Å². The maximum atomic E-state index is 14.9. The molecule has 2 N–H and O–H groups in total. The molecule has 56 heavy (non-hydrogen) atoms. The highest BCUT2D eigenvalue weighted by Crippen LogP contribution is 2.42. The number of aliphatic imine (C=N–C) groups is 1. The lowest BCUT2D eigenvalue weighted by Gasteiger charge is -2.38. The van der Waals surface area contributed by atoms with E-state index in [-0.39, 0.29) is 18.0 Å². The number of ether oxygens (including phenoxy) is 2. The van der Waals surface area contributed by atoms with Crippen LogP contribution in [0.1, 0.15) is 77.3 Å². The number of anilines is 5. The number of hydroxylamine groups is 1. The van der Waals surface area contributed by atoms with E-state index < -0.39 is 5.82 Å². The molecule has 13 heteroatoms. The number of hydrogen-bond acceptors (Lipinski definition) is 11. The molecular formula is C43H55FN8O4. The van der Waals surface area contributed by atoms with Crippen LogP contribution in [0, 0.1) is 17.7 Å². The molecule has 1 aliphatic carbocycles. The molecule has 1 saturated carbocycles. The first-order chi connectivity index (χ1) is 27.2. The van der Waals surface area contributed by atoms with Crippen molar-refractivity contribution in [1.29, 1.82) is 0 Å². The van der Waals surface area contributed by atoms with E-state index in [1.54, 1.807) is 30.4 Å². The second-order valence-corrected chi connectivity index (χ2v) is 15.4. The fourth-order valence-electron chi connectivity index (χ4n) is 8.10. The van der Waals surface area contributed by atoms with Gasteiger partial charge in [-0.25, -0.2) is 24.4 Å². The average Bonchev–Trinajstić information content (AvgIpc) is 3.78. The van der Waals surface area contributed by atoms with E-state index in [0.717, 1.165) is 37.7 Å². The molecule has 4 aliphatic rings. The number of nitrogens with zero attached hydrogens (tertiary/aromatic N) is 6. The van der Waals surface area contributed by atoms with Crippen molar-refractivity contribution >= 4 is 40.5 Å². The molecule has 0 radical (unpaired) electrons. The van der Waals surface area contributed by atoms with Gasteiger partial charge in [0.25, 0.3) is 0 Å². The Balaban J connectivity index is 1.06. The van der Waals surface area contributed by atoms with Crippen LogP contribution in [0.5, 0.6) is 11.5 Å². The number of aromatic nitrogens is 2. The largest absolute Gasteiger partial charge is 0.494 e. The Labute approximate surface area is 329 Å². The first-order valence-corrected chi connectivity index (χ1v) is 20.1. The third-order valence-corrected chi connectivity index (χ3v) is 11.3. The van der Waals surface area contributed by atoms with E-state index in [1.807, 2.05) is 25.1 Å². The lowest BCUT2D eigenvalue weighted by molar-refractivity contribution is -0.111. The second kappa shape index (κ2) is 17.8. The molecule has 2 saturated heterocycles. The number of piperidine rings is 1. The second-order valence-electron chi connectivity index (χ2n) is 15.4. The summed E-state index contributed by atoms with van der Waals surface area (Å²) in [6.07, 6.45) is 14.4. The minimum atomic E-state index is -0.420. The van der Waals surface area contributed by atoms with Gasteiger partial charge in [-0.1, -0.05) is 26.5 Å². The van der Waals surface area contributed by atoms with E-state index in [9.17, 15) is 9.18 Å². The number of carbonyl (C=O) groups is 1. The Kier molecular flexibility index (Phi) is 12.5. The minimum Gasteiger partial charge on any atom is -0.494 e. The standard InChI is InChI=1S/C43H55FN8O4/c1-6-16-50(33-9-10-33)17-12-28(3)30-13-18-51(19-14-30)38-25-39(54-5)36(24-35(38)49-42(53)7-2)48-40-26-41(46-27-45-40)52-37(15-20-55-52)31-21-32(44)23-34(22-31)56-43-11-8-29(4)47-43/h7-8,11,21-30,33,37H,2,6,9-10,12-20H2,1,3-5H3,(H,49,53)(H,45,46,48)/t28?,29?,37-/m1/s1. The van der Waals surface area contributed by atoms with E-state index in [2.05, 4.69) is 55.8 Å². The van der Waals surface area contributed by atoms with E-state index in [1.165, 1.54) is 63.3 Å². The molecule has 298 valence electrons. The number of carbonyl (C=O) groups excluding carboxylic acids is 1. The van der Waals surface area contributed by atoms with E-state index >= 15 is 0 Å². The van der Waals surface area contributed by atoms with Gasteiger partial charge in [0.15, 0.2) is 5.82 Å². The summed E-state index contributed by atoms with van der Waals surface area (Å²) < 4.78 is 26.7. The molecule has 4 heterocycles. The van der Waals surface area contributed by atoms with Crippen LogP contribution in [0.25, 0.3) is 0 Å². The zero-order valence-corrected chi connectivity index (χ0v) is 33.0. The summed E-state index contributed by atoms with van der Waals surface area (Å²) in [5, 5.41) is 8.08. The Morgan fingerprint density at radius 1 is 1.09 bits per heavy atom. The van der Waals surface area contributed by atoms with Crippen molar-refractivity contribution in [3.63, 3.8) is 0 Å². The van der Waals surface area contributed by atoms with Gasteiger partial charge >= 0.3 is 0 Å². The van der Waals surface area contributed by atoms with Crippen molar-refractivity contribution in [3.8, 4) is 11.5 Å². The highest BCUT2D eigenvalue weighted by molar-refractivity contribution is 6.02. The van der Waals surface area contributed by atoms with Gasteiger partial charge in [-0.15, -0.1) is 0 Å². The molecule has 3 fully saturated rings. The molecule has 3 atom stereocenters. The van der Waals surface area contributed by atoms with Gasteiger partial charge in [0, 0.05) is 43.8 Å². The van der Waals surface area contributed by atoms with Gasteiger partial charge in [-0.3, -0.25) is 9.63 Å². The smallest absolute Gasteiger partial charge is 0.247 e. The molecule has 1 aromatic heterocycles. The van der Waals surface area contributed by atoms with Crippen LogP contribution in [0.4, 0.5) is 33.1 Å². The Morgan fingerprint density at radius 3 is 2.62 bits per heavy atom. The molecule has 1 amide bonds. The van der Waals surface area contributed by atoms with Crippen molar-refractivity contribution in [2.45, 2.75) is 83.8 Å². The van der Waals surface area contributed by atoms with Crippen molar-refractivity contribution in [1.82, 2.24) is 14.9 Å². The van der Waals surface area contributed by atoms with E-state index in [4.69, 9.17) is 14.3 Å². The lowest BCUT2D eigenvalue weighted by Crippen LogP contribution is -2.37. The van der Waals surface area contributed by atoms with Crippen LogP contribution in [-0.4, -0.2) is 78.7 Å². The van der Waals surface area contributed by atoms with Gasteiger partial charge in [-0.05, 0) is 106 Å². The third-order valence-electron chi connectivity index (χ3n) is 11.3. The topological polar surface area (TPSA) is 117 Å². The van der Waals surface area contributed by atoms with Crippen LogP contribution >= 0.6 is 0 Å². The molecular weight excluding hydrogens is 712 g/mol. The minimum absolute atomic E-state index is 0.0210. The monoisotopic (exact) mass is 766 g/mol. The summed E-state index contributed by atoms with van der Waals surface area (Å²) in [4.78, 5) is 37.2. The van der Waals surface area contributed by atoms with Gasteiger partial charge in [0.2, 0.25) is 11.8 Å². The fraction of sp³-hybridized carbons (Fsp3) is 0.488. The van der Waals surface area contributed by atoms with E-state index in [0.29, 0.717) is 70.8 Å². The predicted octanol–water partition coefficient (Wildman–Crippen LogP) is 8.23. The molecule has 12 nitrogen and oxygen atoms in total. The number of methoxy groups -OCH3 is 1. The van der Waals surface area contributed by atoms with Crippen LogP contribution in [0.3, 0.4) is 0 Å². The lowest BCUT2D eigenvalue weighted by atomic mass is 9.83. The van der Waals surface area contributed by atoms with Crippen LogP contribution in [0.15, 0.2) is 72.5 Å². The molecule has 3 aliphatic heterocycles. The third kappa shape index (κ3) is 9.50. The average molecular weight is 767 g/mol. The molecule has 2 aromatic carbocycles. The Morgan fingerprint density at radius 2 is 1.91 bits per heavy atom. The summed E-state index contributed by atoms with van der Waals surface area (Å²) in [5.74, 6) is 2.99. The number of benzene rings is 2. The van der Waals surface area contributed by atoms with Crippen molar-refractivity contribution in [2.24, 2.45) is 16.8 Å². The summed E-state index contributed by atoms with van der Waals surface area (Å²) in [6, 6.07) is 10.8. The fourth-order valence-corrected chi connectivity index (χ4v) is 8.10. The maximum absolute atomic E-state index is 14.9. The van der Waals surface area contributed by atoms with Gasteiger partial charge < -0.3 is 29.9 Å². The summed E-state index contributed by atoms with van der Waals surface area (Å²) in [7, 11) is 1.63. The van der Waals surface area contributed by atoms with Crippen LogP contribution in [-0.2, 0) is 9.63 Å². The summed E-state index contributed by atoms with van der Waals surface area (Å²) >= 11 is 0. The number of nitrogens with one attached hydrogen (secondary N) is 2. The number of hydrogen-bond donors (Lipinski definition) is 2. The number of amides is 1. The molecule has 3 aromatic rings. The molecule has 7 rings (SSSR count). The quantitative estimate of drug-likeness (QED) is 0.138. The van der Waals surface area contributed by atoms with Gasteiger partial charge in [0.05, 0.1) is 42.9 Å². The van der Waals surface area contributed by atoms with Crippen molar-refractivity contribution in [2.75, 3.05) is 60.5 Å². The van der Waals surface area contributed by atoms with Gasteiger partial charge in [-0.2, -0.15) is 0 Å². The Hall–Kier alpha value is -5.01. The molecule has 2 unspecified atom stereocenters. The highest BCUT2D eigenvalue weighted by Gasteiger charge is 2.32. The summed E-state index contributed by atoms with van der Waals surface area (Å²) in [5.41, 5.74) is 2.85. The zero-order valence-electron chi connectivity index (χ0n) is 33.0.